The maximum Gasteiger partial charge on any atom is 0.246 e. The van der Waals surface area contributed by atoms with Crippen LogP contribution in [0.15, 0.2) is 60.8 Å². The van der Waals surface area contributed by atoms with Crippen molar-refractivity contribution in [3.05, 3.63) is 92.8 Å². The van der Waals surface area contributed by atoms with Gasteiger partial charge in [0.25, 0.3) is 0 Å². The van der Waals surface area contributed by atoms with E-state index in [1.165, 1.54) is 31.9 Å². The van der Waals surface area contributed by atoms with Gasteiger partial charge >= 0.3 is 0 Å². The van der Waals surface area contributed by atoms with Crippen LogP contribution in [0.1, 0.15) is 30.7 Å². The molecule has 0 aliphatic heterocycles. The number of hydrazine groups is 1. The van der Waals surface area contributed by atoms with Crippen molar-refractivity contribution in [3.8, 4) is 5.75 Å². The van der Waals surface area contributed by atoms with Crippen LogP contribution in [0, 0.1) is 6.92 Å². The van der Waals surface area contributed by atoms with Crippen LogP contribution in [0.25, 0.3) is 11.7 Å². The molecule has 242 valence electrons. The highest BCUT2D eigenvalue weighted by molar-refractivity contribution is 6.38. The molecular formula is C31H30Cl4N6O5. The fourth-order valence-electron chi connectivity index (χ4n) is 4.23. The van der Waals surface area contributed by atoms with Gasteiger partial charge in [0.15, 0.2) is 11.4 Å². The highest BCUT2D eigenvalue weighted by Crippen LogP contribution is 2.35. The number of aromatic nitrogens is 2. The lowest BCUT2D eigenvalue weighted by atomic mass is 10.2. The lowest BCUT2D eigenvalue weighted by Crippen LogP contribution is -2.44. The zero-order chi connectivity index (χ0) is 32.8. The number of pyridine rings is 1. The molecule has 0 saturated carbocycles. The van der Waals surface area contributed by atoms with Gasteiger partial charge in [-0.25, -0.2) is 9.99 Å². The smallest absolute Gasteiger partial charge is 0.246 e. The molecule has 4 amide bonds. The Morgan fingerprint density at radius 1 is 1.02 bits per heavy atom. The van der Waals surface area contributed by atoms with Crippen molar-refractivity contribution >= 4 is 93.9 Å². The number of benzene rings is 2. The largest absolute Gasteiger partial charge is 0.485 e. The molecular weight excluding hydrogens is 678 g/mol. The van der Waals surface area contributed by atoms with Crippen LogP contribution in [0.3, 0.4) is 0 Å². The Bertz CT molecular complexity index is 1810. The summed E-state index contributed by atoms with van der Waals surface area (Å²) in [5, 5.41) is 4.72. The molecule has 0 aliphatic carbocycles. The molecule has 11 nitrogen and oxygen atoms in total. The van der Waals surface area contributed by atoms with Gasteiger partial charge < -0.3 is 15.0 Å². The molecule has 4 rings (SSSR count). The lowest BCUT2D eigenvalue weighted by molar-refractivity contribution is -0.123. The van der Waals surface area contributed by atoms with Crippen LogP contribution >= 0.6 is 47.2 Å². The molecule has 4 aromatic rings. The number of carbonyl (C=O) groups is 4. The molecule has 0 saturated heterocycles. The fourth-order valence-corrected chi connectivity index (χ4v) is 5.01. The Hall–Kier alpha value is -4.29. The summed E-state index contributed by atoms with van der Waals surface area (Å²) in [5.41, 5.74) is 5.61. The number of likely N-dealkylation sites (N-methyl/N-ethyl adjacent to an activating group) is 1. The van der Waals surface area contributed by atoms with E-state index >= 15 is 0 Å². The molecule has 0 fully saturated rings. The van der Waals surface area contributed by atoms with Crippen molar-refractivity contribution in [2.24, 2.45) is 0 Å². The molecule has 46 heavy (non-hydrogen) atoms. The minimum absolute atomic E-state index is 0. The number of hydrogen-bond donors (Lipinski definition) is 2. The number of ether oxygens (including phenoxy) is 1. The van der Waals surface area contributed by atoms with E-state index in [4.69, 9.17) is 39.5 Å². The van der Waals surface area contributed by atoms with Crippen molar-refractivity contribution in [2.75, 3.05) is 23.5 Å². The Morgan fingerprint density at radius 3 is 2.37 bits per heavy atom. The summed E-state index contributed by atoms with van der Waals surface area (Å²) in [7, 11) is 1.53. The highest BCUT2D eigenvalue weighted by Gasteiger charge is 2.20. The molecule has 0 atom stereocenters. The van der Waals surface area contributed by atoms with E-state index in [9.17, 15) is 19.2 Å². The normalized spacial score (nSPS) is 10.8. The Balaban J connectivity index is 0.00000576. The average Bonchev–Trinajstić information content (AvgIpc) is 3.30. The van der Waals surface area contributed by atoms with E-state index < -0.39 is 11.8 Å². The van der Waals surface area contributed by atoms with Gasteiger partial charge in [-0.15, -0.1) is 12.4 Å². The van der Waals surface area contributed by atoms with E-state index in [0.717, 1.165) is 5.01 Å². The number of imidazole rings is 1. The van der Waals surface area contributed by atoms with Crippen LogP contribution in [-0.2, 0) is 25.8 Å². The number of nitrogens with one attached hydrogen (secondary N) is 2. The third kappa shape index (κ3) is 8.49. The standard InChI is InChI=1S/C31H29Cl3N6O5.ClH/c1-18-30(34)39-15-5-6-26(31(39)36-18)45-17-23-24(32)12-13-25(29(23)33)38(4)28(44)16-35-27(43)14-9-21-7-10-22(11-8-21)40(20(3)42)37-19(2)41;/h5-15H,16-17H2,1-4H3,(H,35,43)(H,37,41);1H. The van der Waals surface area contributed by atoms with Gasteiger partial charge in [-0.05, 0) is 55.0 Å². The predicted octanol–water partition coefficient (Wildman–Crippen LogP) is 5.80. The zero-order valence-electron chi connectivity index (χ0n) is 25.1. The third-order valence-electron chi connectivity index (χ3n) is 6.56. The molecule has 15 heteroatoms. The molecule has 2 N–H and O–H groups in total. The number of aryl methyl sites for hydroxylation is 1. The first-order valence-electron chi connectivity index (χ1n) is 13.5. The lowest BCUT2D eigenvalue weighted by Gasteiger charge is -2.21. The van der Waals surface area contributed by atoms with Crippen LogP contribution in [-0.4, -0.2) is 46.6 Å². The van der Waals surface area contributed by atoms with E-state index in [1.807, 2.05) is 0 Å². The van der Waals surface area contributed by atoms with Gasteiger partial charge in [0.05, 0.1) is 28.6 Å². The monoisotopic (exact) mass is 706 g/mol. The number of nitrogens with zero attached hydrogens (tertiary/aromatic N) is 4. The van der Waals surface area contributed by atoms with E-state index in [0.29, 0.717) is 49.8 Å². The third-order valence-corrected chi connectivity index (χ3v) is 7.80. The molecule has 2 aromatic heterocycles. The second kappa shape index (κ2) is 15.8. The van der Waals surface area contributed by atoms with Gasteiger partial charge in [-0.3, -0.25) is 29.0 Å². The minimum Gasteiger partial charge on any atom is -0.485 e. The first-order valence-corrected chi connectivity index (χ1v) is 14.6. The Morgan fingerprint density at radius 2 is 1.72 bits per heavy atom. The van der Waals surface area contributed by atoms with Gasteiger partial charge in [-0.2, -0.15) is 0 Å². The average molecular weight is 708 g/mol. The van der Waals surface area contributed by atoms with Crippen molar-refractivity contribution in [3.63, 3.8) is 0 Å². The van der Waals surface area contributed by atoms with E-state index in [-0.39, 0.29) is 42.4 Å². The topological polar surface area (TPSA) is 125 Å². The number of halogens is 4. The second-order valence-electron chi connectivity index (χ2n) is 9.82. The number of fused-ring (bicyclic) bond motifs is 1. The molecule has 2 heterocycles. The molecule has 0 spiro atoms. The molecule has 2 aromatic carbocycles. The van der Waals surface area contributed by atoms with Crippen molar-refractivity contribution in [1.29, 1.82) is 0 Å². The molecule has 0 bridgehead atoms. The number of hydrogen-bond acceptors (Lipinski definition) is 6. The van der Waals surface area contributed by atoms with Crippen LogP contribution in [0.4, 0.5) is 11.4 Å². The van der Waals surface area contributed by atoms with Crippen LogP contribution in [0.2, 0.25) is 15.2 Å². The summed E-state index contributed by atoms with van der Waals surface area (Å²) in [4.78, 5) is 54.3. The van der Waals surface area contributed by atoms with Gasteiger partial charge in [0.1, 0.15) is 11.8 Å². The second-order valence-corrected chi connectivity index (χ2v) is 11.0. The first-order chi connectivity index (χ1) is 21.4. The Kier molecular flexibility index (Phi) is 12.4. The maximum atomic E-state index is 12.9. The summed E-state index contributed by atoms with van der Waals surface area (Å²) < 4.78 is 7.71. The van der Waals surface area contributed by atoms with E-state index in [2.05, 4.69) is 15.7 Å². The summed E-state index contributed by atoms with van der Waals surface area (Å²) in [6, 6.07) is 13.3. The SMILES string of the molecule is CC(=O)NN(C(C)=O)c1ccc(C=CC(=O)NCC(=O)N(C)c2ccc(Cl)c(COc3cccn4c(Cl)c(C)nc34)c2Cl)cc1.Cl. The van der Waals surface area contributed by atoms with Gasteiger partial charge in [0, 0.05) is 43.8 Å². The highest BCUT2D eigenvalue weighted by atomic mass is 35.5. The summed E-state index contributed by atoms with van der Waals surface area (Å²) in [6.07, 6.45) is 4.60. The van der Waals surface area contributed by atoms with Crippen LogP contribution < -0.4 is 25.4 Å². The fraction of sp³-hybridized carbons (Fsp3) is 0.194. The molecule has 0 radical (unpaired) electrons. The van der Waals surface area contributed by atoms with Crippen molar-refractivity contribution < 1.29 is 23.9 Å². The minimum atomic E-state index is -0.496. The predicted molar refractivity (Wildman–Crippen MR) is 182 cm³/mol. The number of anilines is 2. The van der Waals surface area contributed by atoms with E-state index in [1.54, 1.807) is 72.1 Å². The molecule has 0 unspecified atom stereocenters. The first kappa shape index (κ1) is 36.2. The van der Waals surface area contributed by atoms with Crippen molar-refractivity contribution in [2.45, 2.75) is 27.4 Å². The summed E-state index contributed by atoms with van der Waals surface area (Å²) in [5.74, 6) is -1.20. The maximum absolute atomic E-state index is 12.9. The summed E-state index contributed by atoms with van der Waals surface area (Å²) in [6.45, 7) is 4.12. The zero-order valence-corrected chi connectivity index (χ0v) is 28.2. The van der Waals surface area contributed by atoms with Crippen molar-refractivity contribution in [1.82, 2.24) is 20.1 Å². The van der Waals surface area contributed by atoms with Crippen LogP contribution in [0.5, 0.6) is 5.75 Å². The number of amides is 4. The summed E-state index contributed by atoms with van der Waals surface area (Å²) >= 11 is 19.4. The molecule has 0 aliphatic rings. The van der Waals surface area contributed by atoms with Gasteiger partial charge in [-0.1, -0.05) is 46.9 Å². The quantitative estimate of drug-likeness (QED) is 0.167. The van der Waals surface area contributed by atoms with Gasteiger partial charge in [0.2, 0.25) is 23.6 Å². The Labute approximate surface area is 286 Å². The number of rotatable bonds is 9. The number of carbonyl (C=O) groups excluding carboxylic acids is 4.